The number of hydrogen-bond donors (Lipinski definition) is 0. The molecule has 1 fully saturated rings. The van der Waals surface area contributed by atoms with E-state index in [9.17, 15) is 0 Å². The van der Waals surface area contributed by atoms with Crippen LogP contribution >= 0.6 is 11.6 Å². The van der Waals surface area contributed by atoms with Gasteiger partial charge in [-0.3, -0.25) is 4.90 Å². The predicted molar refractivity (Wildman–Crippen MR) is 81.9 cm³/mol. The summed E-state index contributed by atoms with van der Waals surface area (Å²) in [5, 5.41) is 0.770. The highest BCUT2D eigenvalue weighted by Gasteiger charge is 2.22. The van der Waals surface area contributed by atoms with E-state index in [-0.39, 0.29) is 6.10 Å². The number of rotatable bonds is 3. The molecule has 1 heterocycles. The van der Waals surface area contributed by atoms with Crippen LogP contribution in [0, 0.1) is 0 Å². The smallest absolute Gasteiger partial charge is 0.0953 e. The zero-order valence-corrected chi connectivity index (χ0v) is 12.1. The number of nitrogens with zero attached hydrogens (tertiary/aromatic N) is 1. The highest BCUT2D eigenvalue weighted by molar-refractivity contribution is 6.30. The van der Waals surface area contributed by atoms with Crippen molar-refractivity contribution in [1.82, 2.24) is 4.90 Å². The molecule has 3 rings (SSSR count). The van der Waals surface area contributed by atoms with E-state index in [2.05, 4.69) is 41.3 Å². The van der Waals surface area contributed by atoms with E-state index in [4.69, 9.17) is 16.3 Å². The first-order valence-corrected chi connectivity index (χ1v) is 7.32. The van der Waals surface area contributed by atoms with Gasteiger partial charge in [-0.2, -0.15) is 0 Å². The van der Waals surface area contributed by atoms with Crippen molar-refractivity contribution in [2.24, 2.45) is 0 Å². The molecule has 1 aliphatic rings. The largest absolute Gasteiger partial charge is 0.371 e. The Hall–Kier alpha value is -1.35. The summed E-state index contributed by atoms with van der Waals surface area (Å²) >= 11 is 6.06. The van der Waals surface area contributed by atoms with Crippen LogP contribution in [-0.4, -0.2) is 24.6 Å². The SMILES string of the molecule is Clc1cccc(C2CN(Cc3ccccc3)CCO2)c1. The van der Waals surface area contributed by atoms with E-state index in [1.165, 1.54) is 5.56 Å². The van der Waals surface area contributed by atoms with E-state index >= 15 is 0 Å². The zero-order chi connectivity index (χ0) is 13.8. The van der Waals surface area contributed by atoms with Gasteiger partial charge in [-0.1, -0.05) is 54.1 Å². The quantitative estimate of drug-likeness (QED) is 0.848. The lowest BCUT2D eigenvalue weighted by atomic mass is 10.1. The Morgan fingerprint density at radius 2 is 1.95 bits per heavy atom. The lowest BCUT2D eigenvalue weighted by Gasteiger charge is -2.33. The van der Waals surface area contributed by atoms with Crippen LogP contribution in [0.25, 0.3) is 0 Å². The van der Waals surface area contributed by atoms with Crippen LogP contribution < -0.4 is 0 Å². The Morgan fingerprint density at radius 1 is 1.10 bits per heavy atom. The molecule has 1 saturated heterocycles. The Morgan fingerprint density at radius 3 is 2.75 bits per heavy atom. The Kier molecular flexibility index (Phi) is 4.36. The van der Waals surface area contributed by atoms with E-state index in [0.717, 1.165) is 36.8 Å². The molecular formula is C17H18ClNO. The summed E-state index contributed by atoms with van der Waals surface area (Å²) in [6.07, 6.45) is 0.117. The average molecular weight is 288 g/mol. The Bertz CT molecular complexity index is 558. The summed E-state index contributed by atoms with van der Waals surface area (Å²) in [6.45, 7) is 3.63. The first kappa shape index (κ1) is 13.6. The van der Waals surface area contributed by atoms with E-state index in [1.54, 1.807) is 0 Å². The first-order valence-electron chi connectivity index (χ1n) is 6.94. The summed E-state index contributed by atoms with van der Waals surface area (Å²) in [7, 11) is 0. The standard InChI is InChI=1S/C17H18ClNO/c18-16-8-4-7-15(11-16)17-13-19(9-10-20-17)12-14-5-2-1-3-6-14/h1-8,11,17H,9-10,12-13H2. The van der Waals surface area contributed by atoms with Crippen molar-refractivity contribution in [3.63, 3.8) is 0 Å². The molecule has 0 N–H and O–H groups in total. The summed E-state index contributed by atoms with van der Waals surface area (Å²) in [6, 6.07) is 18.5. The minimum atomic E-state index is 0.117. The monoisotopic (exact) mass is 287 g/mol. The molecule has 0 spiro atoms. The summed E-state index contributed by atoms with van der Waals surface area (Å²) in [5.41, 5.74) is 2.51. The molecule has 0 bridgehead atoms. The van der Waals surface area contributed by atoms with E-state index in [0.29, 0.717) is 0 Å². The van der Waals surface area contributed by atoms with E-state index < -0.39 is 0 Å². The molecular weight excluding hydrogens is 270 g/mol. The molecule has 104 valence electrons. The van der Waals surface area contributed by atoms with Crippen molar-refractivity contribution in [2.75, 3.05) is 19.7 Å². The fourth-order valence-corrected chi connectivity index (χ4v) is 2.80. The highest BCUT2D eigenvalue weighted by atomic mass is 35.5. The summed E-state index contributed by atoms with van der Waals surface area (Å²) < 4.78 is 5.89. The van der Waals surface area contributed by atoms with Gasteiger partial charge in [0.15, 0.2) is 0 Å². The average Bonchev–Trinajstić information content (AvgIpc) is 2.49. The van der Waals surface area contributed by atoms with Crippen molar-refractivity contribution in [3.05, 3.63) is 70.7 Å². The molecule has 0 aliphatic carbocycles. The van der Waals surface area contributed by atoms with Crippen molar-refractivity contribution < 1.29 is 4.74 Å². The van der Waals surface area contributed by atoms with Crippen LogP contribution in [0.4, 0.5) is 0 Å². The molecule has 1 unspecified atom stereocenters. The third kappa shape index (κ3) is 3.40. The van der Waals surface area contributed by atoms with Crippen LogP contribution in [0.5, 0.6) is 0 Å². The van der Waals surface area contributed by atoms with Gasteiger partial charge in [-0.05, 0) is 23.3 Å². The number of halogens is 1. The molecule has 2 aromatic rings. The van der Waals surface area contributed by atoms with E-state index in [1.807, 2.05) is 18.2 Å². The van der Waals surface area contributed by atoms with Gasteiger partial charge in [-0.15, -0.1) is 0 Å². The van der Waals surface area contributed by atoms with Gasteiger partial charge in [0.25, 0.3) is 0 Å². The van der Waals surface area contributed by atoms with Gasteiger partial charge < -0.3 is 4.74 Å². The molecule has 2 aromatic carbocycles. The van der Waals surface area contributed by atoms with Crippen molar-refractivity contribution in [2.45, 2.75) is 12.6 Å². The Labute approximate surface area is 124 Å². The molecule has 1 aliphatic heterocycles. The minimum Gasteiger partial charge on any atom is -0.371 e. The third-order valence-electron chi connectivity index (χ3n) is 3.62. The minimum absolute atomic E-state index is 0.117. The van der Waals surface area contributed by atoms with Gasteiger partial charge in [0, 0.05) is 24.7 Å². The topological polar surface area (TPSA) is 12.5 Å². The maximum absolute atomic E-state index is 6.06. The molecule has 20 heavy (non-hydrogen) atoms. The van der Waals surface area contributed by atoms with Crippen LogP contribution in [0.1, 0.15) is 17.2 Å². The van der Waals surface area contributed by atoms with Gasteiger partial charge in [0.05, 0.1) is 12.7 Å². The van der Waals surface area contributed by atoms with Crippen molar-refractivity contribution in [3.8, 4) is 0 Å². The number of morpholine rings is 1. The van der Waals surface area contributed by atoms with Crippen molar-refractivity contribution in [1.29, 1.82) is 0 Å². The zero-order valence-electron chi connectivity index (χ0n) is 11.3. The Balaban J connectivity index is 1.67. The molecule has 0 radical (unpaired) electrons. The summed E-state index contributed by atoms with van der Waals surface area (Å²) in [4.78, 5) is 2.43. The van der Waals surface area contributed by atoms with Crippen LogP contribution in [0.3, 0.4) is 0 Å². The van der Waals surface area contributed by atoms with Crippen LogP contribution in [0.2, 0.25) is 5.02 Å². The number of ether oxygens (including phenoxy) is 1. The second kappa shape index (κ2) is 6.40. The predicted octanol–water partition coefficient (Wildman–Crippen LogP) is 3.91. The number of hydrogen-bond acceptors (Lipinski definition) is 2. The third-order valence-corrected chi connectivity index (χ3v) is 3.86. The van der Waals surface area contributed by atoms with Crippen molar-refractivity contribution >= 4 is 11.6 Å². The van der Waals surface area contributed by atoms with Gasteiger partial charge in [-0.25, -0.2) is 0 Å². The van der Waals surface area contributed by atoms with Gasteiger partial charge >= 0.3 is 0 Å². The molecule has 0 aromatic heterocycles. The van der Waals surface area contributed by atoms with Crippen LogP contribution in [-0.2, 0) is 11.3 Å². The second-order valence-corrected chi connectivity index (χ2v) is 5.57. The first-order chi connectivity index (χ1) is 9.81. The molecule has 0 saturated carbocycles. The lowest BCUT2D eigenvalue weighted by Crippen LogP contribution is -2.37. The fraction of sp³-hybridized carbons (Fsp3) is 0.294. The molecule has 1 atom stereocenters. The van der Waals surface area contributed by atoms with Crippen LogP contribution in [0.15, 0.2) is 54.6 Å². The molecule has 0 amide bonds. The molecule has 3 heteroatoms. The second-order valence-electron chi connectivity index (χ2n) is 5.14. The van der Waals surface area contributed by atoms with Gasteiger partial charge in [0.2, 0.25) is 0 Å². The normalized spacial score (nSPS) is 19.9. The fourth-order valence-electron chi connectivity index (χ4n) is 2.60. The maximum atomic E-state index is 6.06. The maximum Gasteiger partial charge on any atom is 0.0953 e. The summed E-state index contributed by atoms with van der Waals surface area (Å²) in [5.74, 6) is 0. The van der Waals surface area contributed by atoms with Gasteiger partial charge in [0.1, 0.15) is 0 Å². The highest BCUT2D eigenvalue weighted by Crippen LogP contribution is 2.25. The molecule has 2 nitrogen and oxygen atoms in total. The number of benzene rings is 2. The lowest BCUT2D eigenvalue weighted by molar-refractivity contribution is -0.0329.